The maximum Gasteiger partial charge on any atom is 0.415 e. The fraction of sp³-hybridized carbons (Fsp3) is 0.610. The van der Waals surface area contributed by atoms with Gasteiger partial charge in [0.1, 0.15) is 66.4 Å². The van der Waals surface area contributed by atoms with E-state index >= 15 is 0 Å². The van der Waals surface area contributed by atoms with Gasteiger partial charge in [-0.1, -0.05) is 12.8 Å². The molecular formula is C41H50ClF2N5O8S2. The number of halogens is 3. The first kappa shape index (κ1) is 42.0. The van der Waals surface area contributed by atoms with E-state index in [2.05, 4.69) is 0 Å². The fourth-order valence-corrected chi connectivity index (χ4v) is 10.5. The number of ketones is 1. The van der Waals surface area contributed by atoms with E-state index in [0.29, 0.717) is 60.3 Å². The monoisotopic (exact) mass is 877 g/mol. The van der Waals surface area contributed by atoms with Gasteiger partial charge in [0.25, 0.3) is 0 Å². The number of hydrogen-bond donors (Lipinski definition) is 1. The number of benzene rings is 2. The van der Waals surface area contributed by atoms with Gasteiger partial charge in [-0.2, -0.15) is 23.5 Å². The number of ether oxygens (including phenoxy) is 4. The van der Waals surface area contributed by atoms with Crippen LogP contribution in [0.15, 0.2) is 24.3 Å². The first-order valence-corrected chi connectivity index (χ1v) is 23.3. The maximum absolute atomic E-state index is 14.9. The highest BCUT2D eigenvalue weighted by Crippen LogP contribution is 2.45. The summed E-state index contributed by atoms with van der Waals surface area (Å²) < 4.78 is 52.0. The first-order valence-electron chi connectivity index (χ1n) is 20.6. The number of hydrogen-bond acceptors (Lipinski definition) is 13. The third kappa shape index (κ3) is 8.89. The average molecular weight is 878 g/mol. The van der Waals surface area contributed by atoms with Crippen molar-refractivity contribution in [2.24, 2.45) is 17.6 Å². The molecule has 2 aromatic rings. The Morgan fingerprint density at radius 1 is 0.695 bits per heavy atom. The van der Waals surface area contributed by atoms with Crippen LogP contribution in [0.4, 0.5) is 41.1 Å². The summed E-state index contributed by atoms with van der Waals surface area (Å²) in [4.78, 5) is 54.1. The van der Waals surface area contributed by atoms with Gasteiger partial charge in [-0.15, -0.1) is 0 Å². The maximum atomic E-state index is 14.9. The van der Waals surface area contributed by atoms with Crippen molar-refractivity contribution in [2.75, 3.05) is 88.5 Å². The molecule has 6 fully saturated rings. The Morgan fingerprint density at radius 3 is 1.56 bits per heavy atom. The number of Topliss-reactive ketones (excluding diaryl/α,β-unsaturated/α-hetero) is 1. The largest absolute Gasteiger partial charge is 0.489 e. The third-order valence-corrected chi connectivity index (χ3v) is 14.6. The number of thioether (sulfide) groups is 2. The lowest BCUT2D eigenvalue weighted by Gasteiger charge is -2.34. The highest BCUT2D eigenvalue weighted by Gasteiger charge is 2.48. The topological polar surface area (TPSA) is 144 Å². The van der Waals surface area contributed by atoms with Crippen LogP contribution in [0.3, 0.4) is 0 Å². The number of nitrogens with two attached hydrogens (primary N) is 1. The number of anilines is 4. The Kier molecular flexibility index (Phi) is 13.2. The molecule has 8 aliphatic rings. The number of fused-ring (bicyclic) bond motifs is 6. The summed E-state index contributed by atoms with van der Waals surface area (Å²) in [7, 11) is 0. The highest BCUT2D eigenvalue weighted by molar-refractivity contribution is 7.99. The van der Waals surface area contributed by atoms with E-state index in [4.69, 9.17) is 36.3 Å². The van der Waals surface area contributed by atoms with Gasteiger partial charge in [0.2, 0.25) is 5.24 Å². The minimum atomic E-state index is -0.489. The predicted molar refractivity (Wildman–Crippen MR) is 225 cm³/mol. The van der Waals surface area contributed by atoms with Gasteiger partial charge < -0.3 is 34.5 Å². The van der Waals surface area contributed by atoms with E-state index in [-0.39, 0.29) is 53.1 Å². The molecule has 2 saturated carbocycles. The molecule has 0 unspecified atom stereocenters. The Labute approximate surface area is 355 Å². The molecule has 2 aromatic carbocycles. The fourth-order valence-electron chi connectivity index (χ4n) is 8.48. The van der Waals surface area contributed by atoms with E-state index in [9.17, 15) is 28.0 Å². The molecule has 59 heavy (non-hydrogen) atoms. The normalized spacial score (nSPS) is 25.8. The van der Waals surface area contributed by atoms with Crippen molar-refractivity contribution in [3.05, 3.63) is 35.9 Å². The SMILES string of the molecule is NC[C@@H]1OC(=O)N2c3cc(F)c(N4CCSCC4)cc3OC[C@@H]12.O=C(CC[C@@H]1OC(=O)N2c3cc(F)c(N4CCSCC4)cc3OC[C@@H]12)C1CCC1.O=C(Cl)C1CCC1. The van der Waals surface area contributed by atoms with E-state index in [1.54, 1.807) is 12.1 Å². The standard InChI is InChI=1S/C21H25FN2O4S.C15H18FN3O3S.C5H7ClO/c22-14-10-16-20(11-15(14)23-6-8-29-9-7-23)27-12-17-19(28-21(26)24(16)17)5-4-18(25)13-2-1-3-13;16-9-5-11-13(6-10(9)18-1-3-23-4-2-18)21-8-12-14(7-17)22-15(20)19(11)12;6-5(7)4-2-1-3-4/h10-11,13,17,19H,1-9,12H2;5-6,12,14H,1-4,7-8,17H2;4H,1-3H2/t17-,19-;12-,14-;/m00./s1. The highest BCUT2D eigenvalue weighted by atomic mass is 35.5. The number of carbonyl (C=O) groups is 4. The van der Waals surface area contributed by atoms with Crippen molar-refractivity contribution in [2.45, 2.75) is 75.7 Å². The minimum Gasteiger partial charge on any atom is -0.489 e. The van der Waals surface area contributed by atoms with Crippen LogP contribution in [-0.2, 0) is 19.1 Å². The zero-order valence-electron chi connectivity index (χ0n) is 32.8. The second-order valence-electron chi connectivity index (χ2n) is 15.9. The first-order chi connectivity index (χ1) is 28.6. The molecule has 2 aliphatic carbocycles. The molecular weight excluding hydrogens is 828 g/mol. The van der Waals surface area contributed by atoms with Crippen molar-refractivity contribution in [1.82, 2.24) is 0 Å². The number of cyclic esters (lactones) is 2. The van der Waals surface area contributed by atoms with Gasteiger partial charge in [-0.05, 0) is 43.7 Å². The van der Waals surface area contributed by atoms with Gasteiger partial charge in [0.05, 0.1) is 22.7 Å². The van der Waals surface area contributed by atoms with Crippen LogP contribution >= 0.6 is 35.1 Å². The number of nitrogens with zero attached hydrogens (tertiary/aromatic N) is 4. The van der Waals surface area contributed by atoms with Gasteiger partial charge in [-0.3, -0.25) is 19.4 Å². The second kappa shape index (κ2) is 18.5. The molecule has 4 atom stereocenters. The molecule has 10 rings (SSSR count). The summed E-state index contributed by atoms with van der Waals surface area (Å²) in [6, 6.07) is 5.55. The smallest absolute Gasteiger partial charge is 0.415 e. The minimum absolute atomic E-state index is 0.147. The molecule has 0 aromatic heterocycles. The Hall–Kier alpha value is -3.67. The van der Waals surface area contributed by atoms with Gasteiger partial charge in [0, 0.05) is 98.3 Å². The average Bonchev–Trinajstić information content (AvgIpc) is 3.71. The zero-order chi connectivity index (χ0) is 41.2. The number of carbonyl (C=O) groups excluding carboxylic acids is 4. The van der Waals surface area contributed by atoms with Gasteiger partial charge >= 0.3 is 12.2 Å². The van der Waals surface area contributed by atoms with Gasteiger partial charge in [-0.25, -0.2) is 18.4 Å². The molecule has 0 bridgehead atoms. The third-order valence-electron chi connectivity index (χ3n) is 12.4. The molecule has 0 radical (unpaired) electrons. The van der Waals surface area contributed by atoms with Crippen molar-refractivity contribution < 1.29 is 46.9 Å². The summed E-state index contributed by atoms with van der Waals surface area (Å²) in [5.74, 6) is 4.90. The summed E-state index contributed by atoms with van der Waals surface area (Å²) in [5, 5.41) is -0.147. The number of rotatable bonds is 8. The second-order valence-corrected chi connectivity index (χ2v) is 18.7. The van der Waals surface area contributed by atoms with Crippen LogP contribution < -0.4 is 34.8 Å². The van der Waals surface area contributed by atoms with E-state index in [1.807, 2.05) is 33.3 Å². The Balaban J connectivity index is 0.000000144. The van der Waals surface area contributed by atoms with Crippen molar-refractivity contribution >= 4 is 81.1 Å². The van der Waals surface area contributed by atoms with Crippen molar-refractivity contribution in [1.29, 1.82) is 0 Å². The molecule has 18 heteroatoms. The number of amides is 2. The summed E-state index contributed by atoms with van der Waals surface area (Å²) in [6.45, 7) is 4.03. The van der Waals surface area contributed by atoms with Crippen LogP contribution in [0.2, 0.25) is 0 Å². The molecule has 2 amide bonds. The van der Waals surface area contributed by atoms with Gasteiger partial charge in [0.15, 0.2) is 0 Å². The van der Waals surface area contributed by atoms with Crippen LogP contribution in [0.1, 0.15) is 51.4 Å². The molecule has 4 saturated heterocycles. The molecule has 6 aliphatic heterocycles. The van der Waals surface area contributed by atoms with Crippen LogP contribution in [0.5, 0.6) is 11.5 Å². The molecule has 2 N–H and O–H groups in total. The Morgan fingerprint density at radius 2 is 1.15 bits per heavy atom. The quantitative estimate of drug-likeness (QED) is 0.285. The van der Waals surface area contributed by atoms with Crippen molar-refractivity contribution in [3.8, 4) is 11.5 Å². The summed E-state index contributed by atoms with van der Waals surface area (Å²) in [6.07, 6.45) is 5.41. The molecule has 6 heterocycles. The van der Waals surface area contributed by atoms with E-state index < -0.39 is 24.4 Å². The van der Waals surface area contributed by atoms with Crippen LogP contribution in [0.25, 0.3) is 0 Å². The summed E-state index contributed by atoms with van der Waals surface area (Å²) >= 11 is 8.87. The van der Waals surface area contributed by atoms with E-state index in [1.165, 1.54) is 28.4 Å². The molecule has 13 nitrogen and oxygen atoms in total. The predicted octanol–water partition coefficient (Wildman–Crippen LogP) is 6.59. The Bertz CT molecular complexity index is 1910. The lowest BCUT2D eigenvalue weighted by atomic mass is 9.80. The summed E-state index contributed by atoms with van der Waals surface area (Å²) in [5.41, 5.74) is 7.54. The van der Waals surface area contributed by atoms with Crippen LogP contribution in [0, 0.1) is 23.5 Å². The van der Waals surface area contributed by atoms with Crippen LogP contribution in [-0.4, -0.2) is 116 Å². The lowest BCUT2D eigenvalue weighted by Crippen LogP contribution is -2.46. The van der Waals surface area contributed by atoms with E-state index in [0.717, 1.165) is 81.3 Å². The zero-order valence-corrected chi connectivity index (χ0v) is 35.2. The van der Waals surface area contributed by atoms with Crippen molar-refractivity contribution in [3.63, 3.8) is 0 Å². The molecule has 0 spiro atoms. The lowest BCUT2D eigenvalue weighted by molar-refractivity contribution is -0.125. The molecule has 320 valence electrons.